The number of amides is 1. The fraction of sp³-hybridized carbons (Fsp3) is 0.364. The predicted octanol–water partition coefficient (Wildman–Crippen LogP) is 3.50. The number of carbonyl (C=O) groups excluding carboxylic acids is 1. The van der Waals surface area contributed by atoms with Crippen molar-refractivity contribution in [1.82, 2.24) is 4.90 Å². The molecule has 0 aliphatic carbocycles. The van der Waals surface area contributed by atoms with E-state index in [1.165, 1.54) is 0 Å². The maximum Gasteiger partial charge on any atom is 0.406 e. The number of aliphatic hydroxyl groups is 1. The summed E-state index contributed by atoms with van der Waals surface area (Å²) in [5, 5.41) is 8.84. The molecule has 0 atom stereocenters. The van der Waals surface area contributed by atoms with Crippen LogP contribution in [0, 0.1) is 10.7 Å². The molecule has 0 bridgehead atoms. The van der Waals surface area contributed by atoms with E-state index in [2.05, 4.69) is 0 Å². The van der Waals surface area contributed by atoms with Gasteiger partial charge in [0, 0.05) is 17.3 Å². The van der Waals surface area contributed by atoms with Gasteiger partial charge in [-0.25, -0.2) is 0 Å². The smallest absolute Gasteiger partial charge is 0.395 e. The average Bonchev–Trinajstić information content (AvgIpc) is 2.30. The van der Waals surface area contributed by atoms with E-state index >= 15 is 0 Å². The minimum absolute atomic E-state index is 0.222. The molecule has 0 radical (unpaired) electrons. The van der Waals surface area contributed by atoms with Crippen LogP contribution in [0.4, 0.5) is 13.2 Å². The van der Waals surface area contributed by atoms with Crippen molar-refractivity contribution < 1.29 is 23.1 Å². The van der Waals surface area contributed by atoms with E-state index < -0.39 is 25.2 Å². The van der Waals surface area contributed by atoms with Crippen molar-refractivity contribution in [2.75, 3.05) is 19.7 Å². The summed E-state index contributed by atoms with van der Waals surface area (Å²) in [6, 6.07) is 3.38. The molecule has 1 aromatic carbocycles. The van der Waals surface area contributed by atoms with Crippen LogP contribution in [0.15, 0.2) is 12.1 Å². The Labute approximate surface area is 154 Å². The van der Waals surface area contributed by atoms with Crippen LogP contribution in [-0.4, -0.2) is 41.8 Å². The molecule has 0 heterocycles. The van der Waals surface area contributed by atoms with Gasteiger partial charge < -0.3 is 10.0 Å². The second-order valence-corrected chi connectivity index (χ2v) is 7.30. The lowest BCUT2D eigenvalue weighted by Gasteiger charge is -2.24. The minimum Gasteiger partial charge on any atom is -0.395 e. The largest absolute Gasteiger partial charge is 0.406 e. The highest BCUT2D eigenvalue weighted by Crippen LogP contribution is 2.25. The molecule has 0 aliphatic heterocycles. The van der Waals surface area contributed by atoms with Crippen LogP contribution in [0.3, 0.4) is 0 Å². The maximum absolute atomic E-state index is 12.5. The van der Waals surface area contributed by atoms with E-state index in [-0.39, 0.29) is 12.1 Å². The predicted molar refractivity (Wildman–Crippen MR) is 93.6 cm³/mol. The van der Waals surface area contributed by atoms with Gasteiger partial charge in [-0.3, -0.25) is 4.79 Å². The van der Waals surface area contributed by atoms with Gasteiger partial charge in [0.25, 0.3) is 5.91 Å². The Morgan fingerprint density at radius 1 is 1.25 bits per heavy atom. The normalized spacial score (nSPS) is 11.6. The summed E-state index contributed by atoms with van der Waals surface area (Å²) in [5.74, 6) is -0.725. The summed E-state index contributed by atoms with van der Waals surface area (Å²) in [4.78, 5) is 12.9. The zero-order valence-electron chi connectivity index (χ0n) is 9.85. The lowest BCUT2D eigenvalue weighted by molar-refractivity contribution is -0.141. The van der Waals surface area contributed by atoms with Gasteiger partial charge in [0.15, 0.2) is 0 Å². The molecule has 112 valence electrons. The third kappa shape index (κ3) is 5.44. The number of rotatable bonds is 4. The van der Waals surface area contributed by atoms with E-state index in [4.69, 9.17) is 5.11 Å². The average molecular weight is 625 g/mol. The number of hydrogen-bond donors (Lipinski definition) is 1. The molecule has 0 fully saturated rings. The van der Waals surface area contributed by atoms with Crippen molar-refractivity contribution in [2.45, 2.75) is 6.18 Å². The van der Waals surface area contributed by atoms with Gasteiger partial charge in [0.2, 0.25) is 0 Å². The first kappa shape index (κ1) is 18.7. The number of benzene rings is 1. The van der Waals surface area contributed by atoms with Gasteiger partial charge in [0.05, 0.1) is 12.2 Å². The van der Waals surface area contributed by atoms with Gasteiger partial charge in [-0.05, 0) is 79.9 Å². The Morgan fingerprint density at radius 3 is 2.35 bits per heavy atom. The highest BCUT2D eigenvalue weighted by Gasteiger charge is 2.33. The molecule has 0 saturated heterocycles. The zero-order chi connectivity index (χ0) is 15.5. The molecule has 1 N–H and O–H groups in total. The molecular formula is C11H9F3I3NO2. The Hall–Kier alpha value is 0.630. The van der Waals surface area contributed by atoms with Crippen LogP contribution in [0.2, 0.25) is 0 Å². The summed E-state index contributed by atoms with van der Waals surface area (Å²) >= 11 is 5.96. The monoisotopic (exact) mass is 625 g/mol. The van der Waals surface area contributed by atoms with E-state index in [1.807, 2.05) is 73.8 Å². The summed E-state index contributed by atoms with van der Waals surface area (Å²) in [6.45, 7) is -2.24. The molecule has 9 heteroatoms. The van der Waals surface area contributed by atoms with Gasteiger partial charge in [-0.1, -0.05) is 0 Å². The molecule has 3 nitrogen and oxygen atoms in total. The summed E-state index contributed by atoms with van der Waals surface area (Å²) < 4.78 is 39.6. The van der Waals surface area contributed by atoms with Gasteiger partial charge >= 0.3 is 6.18 Å². The summed E-state index contributed by atoms with van der Waals surface area (Å²) in [5.41, 5.74) is 0.222. The molecule has 0 spiro atoms. The van der Waals surface area contributed by atoms with E-state index in [9.17, 15) is 18.0 Å². The first-order chi connectivity index (χ1) is 9.15. The molecule has 1 rings (SSSR count). The number of nitrogens with zero attached hydrogens (tertiary/aromatic N) is 1. The van der Waals surface area contributed by atoms with Crippen molar-refractivity contribution in [3.8, 4) is 0 Å². The van der Waals surface area contributed by atoms with Gasteiger partial charge in [-0.15, -0.1) is 0 Å². The second kappa shape index (κ2) is 7.76. The SMILES string of the molecule is O=C(c1cc(I)cc(I)c1I)N(CCO)CC(F)(F)F. The maximum atomic E-state index is 12.5. The quantitative estimate of drug-likeness (QED) is 0.412. The van der Waals surface area contributed by atoms with Crippen molar-refractivity contribution in [3.05, 3.63) is 28.4 Å². The summed E-state index contributed by atoms with van der Waals surface area (Å²) in [6.07, 6.45) is -4.49. The van der Waals surface area contributed by atoms with Crippen molar-refractivity contribution in [2.24, 2.45) is 0 Å². The molecule has 0 unspecified atom stereocenters. The lowest BCUT2D eigenvalue weighted by Crippen LogP contribution is -2.41. The molecule has 20 heavy (non-hydrogen) atoms. The number of hydrogen-bond acceptors (Lipinski definition) is 2. The van der Waals surface area contributed by atoms with E-state index in [0.29, 0.717) is 8.47 Å². The van der Waals surface area contributed by atoms with Crippen LogP contribution in [0.25, 0.3) is 0 Å². The summed E-state index contributed by atoms with van der Waals surface area (Å²) in [7, 11) is 0. The Morgan fingerprint density at radius 2 is 1.85 bits per heavy atom. The Kier molecular flexibility index (Phi) is 7.25. The van der Waals surface area contributed by atoms with E-state index in [1.54, 1.807) is 6.07 Å². The Bertz CT molecular complexity index is 508. The molecule has 0 aromatic heterocycles. The number of alkyl halides is 3. The highest BCUT2D eigenvalue weighted by molar-refractivity contribution is 14.1. The van der Waals surface area contributed by atoms with Crippen LogP contribution < -0.4 is 0 Å². The van der Waals surface area contributed by atoms with Crippen molar-refractivity contribution >= 4 is 73.7 Å². The second-order valence-electron chi connectivity index (χ2n) is 3.81. The van der Waals surface area contributed by atoms with Crippen molar-refractivity contribution in [1.29, 1.82) is 0 Å². The number of carbonyl (C=O) groups is 1. The standard InChI is InChI=1S/C11H9F3I3NO2/c12-11(13,14)5-18(1-2-19)10(20)7-3-6(15)4-8(16)9(7)17/h3-4,19H,1-2,5H2. The molecule has 1 amide bonds. The molecule has 1 aromatic rings. The number of aliphatic hydroxyl groups excluding tert-OH is 1. The molecular weight excluding hydrogens is 616 g/mol. The Balaban J connectivity index is 3.12. The lowest BCUT2D eigenvalue weighted by atomic mass is 10.2. The van der Waals surface area contributed by atoms with Crippen LogP contribution in [0.1, 0.15) is 10.4 Å². The fourth-order valence-electron chi connectivity index (χ4n) is 1.47. The van der Waals surface area contributed by atoms with Gasteiger partial charge in [-0.2, -0.15) is 13.2 Å². The first-order valence-corrected chi connectivity index (χ1v) is 8.50. The third-order valence-electron chi connectivity index (χ3n) is 2.25. The first-order valence-electron chi connectivity index (χ1n) is 5.27. The topological polar surface area (TPSA) is 40.5 Å². The fourth-order valence-corrected chi connectivity index (χ4v) is 3.86. The van der Waals surface area contributed by atoms with E-state index in [0.717, 1.165) is 7.14 Å². The van der Waals surface area contributed by atoms with Crippen molar-refractivity contribution in [3.63, 3.8) is 0 Å². The van der Waals surface area contributed by atoms with Crippen LogP contribution in [0.5, 0.6) is 0 Å². The van der Waals surface area contributed by atoms with Crippen LogP contribution in [-0.2, 0) is 0 Å². The van der Waals surface area contributed by atoms with Gasteiger partial charge in [0.1, 0.15) is 6.54 Å². The minimum atomic E-state index is -4.49. The zero-order valence-corrected chi connectivity index (χ0v) is 16.3. The van der Waals surface area contributed by atoms with Crippen LogP contribution >= 0.6 is 67.8 Å². The number of halogens is 6. The molecule has 0 aliphatic rings. The third-order valence-corrected chi connectivity index (χ3v) is 5.92. The molecule has 0 saturated carbocycles. The highest BCUT2D eigenvalue weighted by atomic mass is 127.